The number of phenols is 1. The number of benzene rings is 3. The van der Waals surface area contributed by atoms with Crippen LogP contribution >= 0.6 is 0 Å². The molecule has 9 nitrogen and oxygen atoms in total. The molecule has 11 heteroatoms. The van der Waals surface area contributed by atoms with Crippen LogP contribution in [0.3, 0.4) is 0 Å². The summed E-state index contributed by atoms with van der Waals surface area (Å²) in [6.07, 6.45) is 3.85. The normalized spacial score (nSPS) is 23.8. The number of nitrogens with zero attached hydrogens (tertiary/aromatic N) is 1. The van der Waals surface area contributed by atoms with Crippen molar-refractivity contribution in [2.45, 2.75) is 45.0 Å². The van der Waals surface area contributed by atoms with Gasteiger partial charge in [-0.1, -0.05) is 61.0 Å². The van der Waals surface area contributed by atoms with E-state index < -0.39 is 49.9 Å². The molecule has 44 heavy (non-hydrogen) atoms. The summed E-state index contributed by atoms with van der Waals surface area (Å²) in [5, 5.41) is 52.5. The topological polar surface area (TPSA) is 148 Å². The summed E-state index contributed by atoms with van der Waals surface area (Å²) in [4.78, 5) is 28.6. The van der Waals surface area contributed by atoms with E-state index in [4.69, 9.17) is 4.65 Å². The number of hydrogen-bond donors (Lipinski definition) is 5. The number of allylic oxidation sites excluding steroid dienone is 1. The summed E-state index contributed by atoms with van der Waals surface area (Å²) in [5.41, 5.74) is 4.02. The van der Waals surface area contributed by atoms with Crippen molar-refractivity contribution < 1.29 is 39.5 Å². The number of carbonyl (C=O) groups excluding carboxylic acids is 2. The monoisotopic (exact) mass is 595 g/mol. The highest BCUT2D eigenvalue weighted by molar-refractivity contribution is 6.58. The minimum atomic E-state index is -1.75. The highest BCUT2D eigenvalue weighted by Crippen LogP contribution is 2.51. The lowest BCUT2D eigenvalue weighted by Gasteiger charge is -2.43. The molecule has 0 unspecified atom stereocenters. The second-order valence-corrected chi connectivity index (χ2v) is 11.9. The zero-order chi connectivity index (χ0) is 31.1. The van der Waals surface area contributed by atoms with E-state index in [1.165, 1.54) is 12.1 Å². The van der Waals surface area contributed by atoms with Gasteiger partial charge in [-0.15, -0.1) is 0 Å². The van der Waals surface area contributed by atoms with Gasteiger partial charge in [0, 0.05) is 5.39 Å². The molecule has 5 N–H and O–H groups in total. The van der Waals surface area contributed by atoms with Crippen LogP contribution in [-0.4, -0.2) is 64.0 Å². The number of hydrogen-bond acceptors (Lipinski definition) is 8. The number of anilines is 1. The van der Waals surface area contributed by atoms with Gasteiger partial charge < -0.3 is 29.9 Å². The summed E-state index contributed by atoms with van der Waals surface area (Å²) >= 11 is 0. The summed E-state index contributed by atoms with van der Waals surface area (Å²) in [5.74, 6) is -2.47. The molecule has 0 radical (unpaired) electrons. The predicted molar refractivity (Wildman–Crippen MR) is 169 cm³/mol. The number of imide groups is 1. The molecule has 1 aliphatic carbocycles. The molecule has 6 rings (SSSR count). The fraction of sp³-hybridized carbons (Fsp3) is 0.333. The zero-order valence-electron chi connectivity index (χ0n) is 24.5. The molecule has 0 aromatic heterocycles. The van der Waals surface area contributed by atoms with E-state index in [0.29, 0.717) is 18.4 Å². The number of aromatic hydroxyl groups is 1. The Labute approximate surface area is 256 Å². The Hall–Kier alpha value is -3.73. The first-order chi connectivity index (χ1) is 21.2. The maximum absolute atomic E-state index is 13.9. The van der Waals surface area contributed by atoms with Gasteiger partial charge in [-0.2, -0.15) is 0 Å². The van der Waals surface area contributed by atoms with Crippen LogP contribution in [0.15, 0.2) is 77.4 Å². The van der Waals surface area contributed by atoms with E-state index in [1.807, 2.05) is 30.3 Å². The zero-order valence-corrected chi connectivity index (χ0v) is 24.5. The highest BCUT2D eigenvalue weighted by atomic mass is 16.5. The number of aliphatic hydroxyl groups excluding tert-OH is 1. The van der Waals surface area contributed by atoms with Gasteiger partial charge in [0.2, 0.25) is 11.8 Å². The summed E-state index contributed by atoms with van der Waals surface area (Å²) in [7, 11) is -2.88. The number of aliphatic hydroxyl groups is 1. The van der Waals surface area contributed by atoms with E-state index in [1.54, 1.807) is 18.2 Å². The molecule has 0 saturated carbocycles. The van der Waals surface area contributed by atoms with Crippen LogP contribution in [0, 0.1) is 17.8 Å². The predicted octanol–water partition coefficient (Wildman–Crippen LogP) is 2.79. The molecule has 4 atom stereocenters. The summed E-state index contributed by atoms with van der Waals surface area (Å²) < 4.78 is 6.04. The van der Waals surface area contributed by atoms with Crippen molar-refractivity contribution >= 4 is 54.0 Å². The first-order valence-corrected chi connectivity index (χ1v) is 15.1. The SMILES string of the molecule is CC/C(=C\c1ccc(O)c2ccccc12)CC[C@H]1OB(O)C[C@H]2C1=C(CO)C[C@H]1C(=O)N(c3cccc(B(O)O)c3)C(=O)[C@H]12. The second kappa shape index (κ2) is 12.3. The Morgan fingerprint density at radius 2 is 1.82 bits per heavy atom. The summed E-state index contributed by atoms with van der Waals surface area (Å²) in [6.45, 7) is 1.79. The van der Waals surface area contributed by atoms with Crippen LogP contribution in [0.25, 0.3) is 16.8 Å². The molecule has 3 aromatic rings. The molecule has 2 aliphatic heterocycles. The van der Waals surface area contributed by atoms with Crippen molar-refractivity contribution in [3.8, 4) is 5.75 Å². The lowest BCUT2D eigenvalue weighted by molar-refractivity contribution is -0.122. The molecule has 2 fully saturated rings. The Morgan fingerprint density at radius 3 is 2.55 bits per heavy atom. The Kier molecular flexibility index (Phi) is 8.50. The van der Waals surface area contributed by atoms with Gasteiger partial charge in [0.15, 0.2) is 0 Å². The van der Waals surface area contributed by atoms with Gasteiger partial charge in [0.05, 0.1) is 30.2 Å². The van der Waals surface area contributed by atoms with E-state index in [-0.39, 0.29) is 36.2 Å². The van der Waals surface area contributed by atoms with E-state index in [9.17, 15) is 34.9 Å². The third-order valence-electron chi connectivity index (χ3n) is 9.40. The lowest BCUT2D eigenvalue weighted by Crippen LogP contribution is -2.46. The molecule has 226 valence electrons. The van der Waals surface area contributed by atoms with Crippen molar-refractivity contribution in [2.24, 2.45) is 17.8 Å². The quantitative estimate of drug-likeness (QED) is 0.152. The fourth-order valence-electron chi connectivity index (χ4n) is 7.31. The Bertz CT molecular complexity index is 1670. The van der Waals surface area contributed by atoms with Crippen LogP contribution in [0.1, 0.15) is 38.2 Å². The van der Waals surface area contributed by atoms with Crippen molar-refractivity contribution in [3.05, 3.63) is 82.9 Å². The van der Waals surface area contributed by atoms with Crippen molar-refractivity contribution in [2.75, 3.05) is 11.5 Å². The van der Waals surface area contributed by atoms with Gasteiger partial charge in [-0.05, 0) is 83.7 Å². The third kappa shape index (κ3) is 5.39. The van der Waals surface area contributed by atoms with Crippen LogP contribution < -0.4 is 10.4 Å². The van der Waals surface area contributed by atoms with Gasteiger partial charge in [-0.3, -0.25) is 14.5 Å². The number of amides is 2. The molecule has 2 amide bonds. The number of carbonyl (C=O) groups is 2. The summed E-state index contributed by atoms with van der Waals surface area (Å²) in [6, 6.07) is 17.3. The Balaban J connectivity index is 1.28. The molecular weight excluding hydrogens is 560 g/mol. The minimum Gasteiger partial charge on any atom is -0.507 e. The molecule has 0 spiro atoms. The molecule has 2 heterocycles. The number of fused-ring (bicyclic) bond motifs is 4. The highest BCUT2D eigenvalue weighted by Gasteiger charge is 2.57. The van der Waals surface area contributed by atoms with Gasteiger partial charge in [0.1, 0.15) is 5.75 Å². The molecule has 3 aromatic carbocycles. The number of phenolic OH excluding ortho intramolecular Hbond substituents is 1. The van der Waals surface area contributed by atoms with Gasteiger partial charge >= 0.3 is 14.2 Å². The second-order valence-electron chi connectivity index (χ2n) is 11.9. The smallest absolute Gasteiger partial charge is 0.488 e. The van der Waals surface area contributed by atoms with E-state index in [2.05, 4.69) is 13.0 Å². The van der Waals surface area contributed by atoms with Crippen molar-refractivity contribution in [1.29, 1.82) is 0 Å². The third-order valence-corrected chi connectivity index (χ3v) is 9.40. The van der Waals surface area contributed by atoms with Crippen molar-refractivity contribution in [3.63, 3.8) is 0 Å². The average Bonchev–Trinajstić information content (AvgIpc) is 3.28. The van der Waals surface area contributed by atoms with Crippen LogP contribution in [-0.2, 0) is 14.2 Å². The Morgan fingerprint density at radius 1 is 1.05 bits per heavy atom. The van der Waals surface area contributed by atoms with Crippen LogP contribution in [0.4, 0.5) is 5.69 Å². The van der Waals surface area contributed by atoms with Crippen LogP contribution in [0.2, 0.25) is 6.32 Å². The molecule has 2 saturated heterocycles. The van der Waals surface area contributed by atoms with Gasteiger partial charge in [0.25, 0.3) is 0 Å². The van der Waals surface area contributed by atoms with Gasteiger partial charge in [-0.25, -0.2) is 0 Å². The lowest BCUT2D eigenvalue weighted by atomic mass is 9.58. The maximum Gasteiger partial charge on any atom is 0.488 e. The molecule has 3 aliphatic rings. The first kappa shape index (κ1) is 30.3. The van der Waals surface area contributed by atoms with Crippen LogP contribution in [0.5, 0.6) is 5.75 Å². The molecular formula is C33H35B2NO8. The van der Waals surface area contributed by atoms with E-state index >= 15 is 0 Å². The molecule has 0 bridgehead atoms. The standard InChI is InChI=1S/C33H35B2NO8/c1-2-19(14-20-11-12-28(38)25-9-4-3-8-24(20)25)10-13-29-30-21(18-37)15-26-31(27(30)17-34(41)44-29)33(40)36(32(26)39)23-7-5-6-22(16-23)35(42)43/h3-9,11-12,14,16,26-27,29,31,37-38,41-43H,2,10,13,15,17-18H2,1H3/b19-14+/t26-,27+,29-,31-/m1/s1. The fourth-order valence-corrected chi connectivity index (χ4v) is 7.31. The maximum atomic E-state index is 13.9. The minimum absolute atomic E-state index is 0.134. The largest absolute Gasteiger partial charge is 0.507 e. The number of rotatable bonds is 8. The first-order valence-electron chi connectivity index (χ1n) is 15.1. The van der Waals surface area contributed by atoms with E-state index in [0.717, 1.165) is 38.8 Å². The average molecular weight is 595 g/mol. The van der Waals surface area contributed by atoms with Crippen molar-refractivity contribution in [1.82, 2.24) is 0 Å².